The molecule has 2 rings (SSSR count). The van der Waals surface area contributed by atoms with Crippen LogP contribution in [0.15, 0.2) is 0 Å². The summed E-state index contributed by atoms with van der Waals surface area (Å²) in [5, 5.41) is 2.19. The van der Waals surface area contributed by atoms with Gasteiger partial charge < -0.3 is 15.5 Å². The second-order valence-corrected chi connectivity index (χ2v) is 5.18. The Kier molecular flexibility index (Phi) is 3.91. The van der Waals surface area contributed by atoms with E-state index in [-0.39, 0.29) is 19.0 Å². The fraction of sp³-hybridized carbons (Fsp3) is 0.667. The molecule has 2 heterocycles. The fourth-order valence-corrected chi connectivity index (χ4v) is 2.60. The maximum Gasteiger partial charge on any atom is 0.314 e. The van der Waals surface area contributed by atoms with Crippen LogP contribution in [0.1, 0.15) is 19.8 Å². The van der Waals surface area contributed by atoms with Crippen LogP contribution in [0.2, 0.25) is 0 Å². The van der Waals surface area contributed by atoms with E-state index in [1.807, 2.05) is 0 Å². The number of carbonyl (C=O) groups excluding carboxylic acids is 4. The summed E-state index contributed by atoms with van der Waals surface area (Å²) in [5.41, 5.74) is 5.22. The van der Waals surface area contributed by atoms with Crippen molar-refractivity contribution in [1.29, 1.82) is 0 Å². The average molecular weight is 282 g/mol. The number of imide groups is 1. The number of rotatable bonds is 1. The molecule has 8 heteroatoms. The van der Waals surface area contributed by atoms with Gasteiger partial charge in [0.25, 0.3) is 0 Å². The molecule has 0 radical (unpaired) electrons. The zero-order valence-electron chi connectivity index (χ0n) is 11.3. The summed E-state index contributed by atoms with van der Waals surface area (Å²) in [6, 6.07) is -1.23. The molecule has 0 aromatic carbocycles. The largest absolute Gasteiger partial charge is 0.351 e. The van der Waals surface area contributed by atoms with Gasteiger partial charge in [-0.3, -0.25) is 19.7 Å². The first-order valence-electron chi connectivity index (χ1n) is 6.58. The molecular weight excluding hydrogens is 264 g/mol. The summed E-state index contributed by atoms with van der Waals surface area (Å²) in [7, 11) is 0. The molecule has 0 aromatic heterocycles. The minimum absolute atomic E-state index is 0.126. The van der Waals surface area contributed by atoms with E-state index in [1.54, 1.807) is 6.92 Å². The maximum absolute atomic E-state index is 12.4. The maximum atomic E-state index is 12.4. The molecule has 8 nitrogen and oxygen atoms in total. The number of amides is 5. The van der Waals surface area contributed by atoms with Gasteiger partial charge in [-0.05, 0) is 19.8 Å². The lowest BCUT2D eigenvalue weighted by atomic mass is 9.95. The van der Waals surface area contributed by atoms with Gasteiger partial charge in [-0.2, -0.15) is 0 Å². The second-order valence-electron chi connectivity index (χ2n) is 5.18. The SMILES string of the molecule is CC1C(=O)NC(=O)CN1C(=O)C1CCCN(C(N)=O)C1. The van der Waals surface area contributed by atoms with Crippen molar-refractivity contribution in [2.24, 2.45) is 11.7 Å². The third-order valence-electron chi connectivity index (χ3n) is 3.79. The Labute approximate surface area is 116 Å². The van der Waals surface area contributed by atoms with Gasteiger partial charge in [-0.1, -0.05) is 0 Å². The molecule has 0 bridgehead atoms. The third-order valence-corrected chi connectivity index (χ3v) is 3.79. The highest BCUT2D eigenvalue weighted by atomic mass is 16.2. The summed E-state index contributed by atoms with van der Waals surface area (Å²) < 4.78 is 0. The van der Waals surface area contributed by atoms with Crippen molar-refractivity contribution in [3.05, 3.63) is 0 Å². The predicted molar refractivity (Wildman–Crippen MR) is 68.2 cm³/mol. The molecule has 0 aromatic rings. The first-order chi connectivity index (χ1) is 9.40. The van der Waals surface area contributed by atoms with Gasteiger partial charge in [0.1, 0.15) is 12.6 Å². The lowest BCUT2D eigenvalue weighted by Crippen LogP contribution is -2.60. The van der Waals surface area contributed by atoms with Crippen molar-refractivity contribution in [2.45, 2.75) is 25.8 Å². The number of urea groups is 1. The minimum Gasteiger partial charge on any atom is -0.351 e. The number of piperazine rings is 1. The summed E-state index contributed by atoms with van der Waals surface area (Å²) in [4.78, 5) is 49.2. The normalized spacial score (nSPS) is 27.2. The average Bonchev–Trinajstić information content (AvgIpc) is 2.42. The Hall–Kier alpha value is -2.12. The number of nitrogens with zero attached hydrogens (tertiary/aromatic N) is 2. The van der Waals surface area contributed by atoms with Gasteiger partial charge in [0, 0.05) is 13.1 Å². The van der Waals surface area contributed by atoms with Crippen LogP contribution < -0.4 is 11.1 Å². The van der Waals surface area contributed by atoms with E-state index in [9.17, 15) is 19.2 Å². The highest BCUT2D eigenvalue weighted by Crippen LogP contribution is 2.20. The highest BCUT2D eigenvalue weighted by molar-refractivity contribution is 6.04. The number of likely N-dealkylation sites (tertiary alicyclic amines) is 1. The number of hydrogen-bond acceptors (Lipinski definition) is 4. The van der Waals surface area contributed by atoms with Gasteiger partial charge in [0.2, 0.25) is 17.7 Å². The standard InChI is InChI=1S/C12H18N4O4/c1-7-10(18)14-9(17)6-16(7)11(19)8-3-2-4-15(5-8)12(13)20/h7-8H,2-6H2,1H3,(H2,13,20)(H,14,17,18). The number of carbonyl (C=O) groups is 4. The van der Waals surface area contributed by atoms with Crippen molar-refractivity contribution in [2.75, 3.05) is 19.6 Å². The van der Waals surface area contributed by atoms with Gasteiger partial charge in [-0.25, -0.2) is 4.79 Å². The second kappa shape index (κ2) is 5.48. The Balaban J connectivity index is 2.08. The minimum atomic E-state index is -0.677. The predicted octanol–water partition coefficient (Wildman–Crippen LogP) is -1.35. The third kappa shape index (κ3) is 2.73. The van der Waals surface area contributed by atoms with Crippen LogP contribution >= 0.6 is 0 Å². The van der Waals surface area contributed by atoms with Crippen molar-refractivity contribution in [3.63, 3.8) is 0 Å². The van der Waals surface area contributed by atoms with Crippen LogP contribution in [0.3, 0.4) is 0 Å². The molecule has 2 fully saturated rings. The quantitative estimate of drug-likeness (QED) is 0.579. The van der Waals surface area contributed by atoms with E-state index in [1.165, 1.54) is 9.80 Å². The molecule has 0 aliphatic carbocycles. The summed E-state index contributed by atoms with van der Waals surface area (Å²) in [6.45, 7) is 2.23. The summed E-state index contributed by atoms with van der Waals surface area (Å²) >= 11 is 0. The Morgan fingerprint density at radius 2 is 2.05 bits per heavy atom. The summed E-state index contributed by atoms with van der Waals surface area (Å²) in [5.74, 6) is -1.63. The molecule has 110 valence electrons. The van der Waals surface area contributed by atoms with Gasteiger partial charge in [0.05, 0.1) is 5.92 Å². The molecule has 3 N–H and O–H groups in total. The van der Waals surface area contributed by atoms with E-state index in [0.29, 0.717) is 19.4 Å². The fourth-order valence-electron chi connectivity index (χ4n) is 2.60. The topological polar surface area (TPSA) is 113 Å². The van der Waals surface area contributed by atoms with Crippen LogP contribution in [0.5, 0.6) is 0 Å². The Morgan fingerprint density at radius 3 is 2.70 bits per heavy atom. The van der Waals surface area contributed by atoms with E-state index in [0.717, 1.165) is 0 Å². The molecule has 2 atom stereocenters. The molecule has 0 saturated carbocycles. The molecule has 0 spiro atoms. The van der Waals surface area contributed by atoms with Crippen molar-refractivity contribution >= 4 is 23.8 Å². The first-order valence-corrected chi connectivity index (χ1v) is 6.58. The smallest absolute Gasteiger partial charge is 0.314 e. The molecule has 2 aliphatic rings. The van der Waals surface area contributed by atoms with E-state index in [2.05, 4.69) is 5.32 Å². The molecular formula is C12H18N4O4. The molecule has 5 amide bonds. The highest BCUT2D eigenvalue weighted by Gasteiger charge is 2.38. The van der Waals surface area contributed by atoms with Crippen LogP contribution in [-0.4, -0.2) is 59.2 Å². The van der Waals surface area contributed by atoms with E-state index >= 15 is 0 Å². The monoisotopic (exact) mass is 282 g/mol. The molecule has 20 heavy (non-hydrogen) atoms. The number of primary amides is 1. The zero-order chi connectivity index (χ0) is 14.9. The van der Waals surface area contributed by atoms with Crippen molar-refractivity contribution in [1.82, 2.24) is 15.1 Å². The Bertz CT molecular complexity index is 464. The van der Waals surface area contributed by atoms with Gasteiger partial charge >= 0.3 is 6.03 Å². The van der Waals surface area contributed by atoms with Crippen LogP contribution in [-0.2, 0) is 14.4 Å². The number of piperidine rings is 1. The molecule has 2 aliphatic heterocycles. The number of hydrogen-bond donors (Lipinski definition) is 2. The van der Waals surface area contributed by atoms with Gasteiger partial charge in [0.15, 0.2) is 0 Å². The number of nitrogens with one attached hydrogen (secondary N) is 1. The van der Waals surface area contributed by atoms with Crippen molar-refractivity contribution < 1.29 is 19.2 Å². The van der Waals surface area contributed by atoms with Crippen LogP contribution in [0, 0.1) is 5.92 Å². The zero-order valence-corrected chi connectivity index (χ0v) is 11.3. The number of nitrogens with two attached hydrogens (primary N) is 1. The summed E-state index contributed by atoms with van der Waals surface area (Å²) in [6.07, 6.45) is 1.31. The lowest BCUT2D eigenvalue weighted by Gasteiger charge is -2.37. The lowest BCUT2D eigenvalue weighted by molar-refractivity contribution is -0.152. The van der Waals surface area contributed by atoms with Gasteiger partial charge in [-0.15, -0.1) is 0 Å². The van der Waals surface area contributed by atoms with E-state index in [4.69, 9.17) is 5.73 Å². The van der Waals surface area contributed by atoms with Crippen LogP contribution in [0.25, 0.3) is 0 Å². The molecule has 2 saturated heterocycles. The Morgan fingerprint density at radius 1 is 1.35 bits per heavy atom. The van der Waals surface area contributed by atoms with E-state index < -0.39 is 29.8 Å². The van der Waals surface area contributed by atoms with Crippen LogP contribution in [0.4, 0.5) is 4.79 Å². The molecule has 2 unspecified atom stereocenters. The van der Waals surface area contributed by atoms with Crippen molar-refractivity contribution in [3.8, 4) is 0 Å². The first kappa shape index (κ1) is 14.3.